The van der Waals surface area contributed by atoms with Gasteiger partial charge in [0.2, 0.25) is 0 Å². The summed E-state index contributed by atoms with van der Waals surface area (Å²) in [6.07, 6.45) is -0.586. The molecule has 1 aromatic rings. The highest BCUT2D eigenvalue weighted by molar-refractivity contribution is 6.31. The average molecular weight is 307 g/mol. The van der Waals surface area contributed by atoms with Crippen LogP contribution in [0.5, 0.6) is 0 Å². The van der Waals surface area contributed by atoms with E-state index >= 15 is 0 Å². The molecular weight excluding hydrogens is 293 g/mol. The Morgan fingerprint density at radius 1 is 1.20 bits per heavy atom. The number of halogens is 4. The Kier molecular flexibility index (Phi) is 4.42. The molecule has 0 atom stereocenters. The highest BCUT2D eigenvalue weighted by Gasteiger charge is 2.31. The lowest BCUT2D eigenvalue weighted by atomic mass is 10.2. The molecule has 0 aliphatic heterocycles. The second-order valence-corrected chi connectivity index (χ2v) is 5.24. The monoisotopic (exact) mass is 306 g/mol. The number of carbonyl (C=O) groups is 1. The molecule has 0 spiro atoms. The fourth-order valence-electron chi connectivity index (χ4n) is 2.25. The highest BCUT2D eigenvalue weighted by atomic mass is 35.5. The molecule has 0 aromatic heterocycles. The minimum absolute atomic E-state index is 0.0281. The molecule has 1 saturated carbocycles. The van der Waals surface area contributed by atoms with Crippen molar-refractivity contribution in [2.24, 2.45) is 0 Å². The maximum absolute atomic E-state index is 12.6. The Balaban J connectivity index is 2.04. The lowest BCUT2D eigenvalue weighted by Gasteiger charge is -2.14. The van der Waals surface area contributed by atoms with E-state index in [1.54, 1.807) is 0 Å². The quantitative estimate of drug-likeness (QED) is 0.834. The van der Waals surface area contributed by atoms with E-state index in [4.69, 9.17) is 11.6 Å². The summed E-state index contributed by atoms with van der Waals surface area (Å²) in [5, 5.41) is 5.05. The van der Waals surface area contributed by atoms with Gasteiger partial charge in [-0.25, -0.2) is 4.79 Å². The summed E-state index contributed by atoms with van der Waals surface area (Å²) in [6, 6.07) is 2.55. The summed E-state index contributed by atoms with van der Waals surface area (Å²) in [6.45, 7) is 0. The van der Waals surface area contributed by atoms with Gasteiger partial charge in [-0.2, -0.15) is 13.2 Å². The molecule has 0 unspecified atom stereocenters. The van der Waals surface area contributed by atoms with Gasteiger partial charge in [0.1, 0.15) is 0 Å². The second kappa shape index (κ2) is 5.91. The zero-order valence-electron chi connectivity index (χ0n) is 10.6. The molecule has 1 aliphatic carbocycles. The van der Waals surface area contributed by atoms with E-state index < -0.39 is 17.8 Å². The molecule has 20 heavy (non-hydrogen) atoms. The summed E-state index contributed by atoms with van der Waals surface area (Å²) >= 11 is 5.64. The fourth-order valence-corrected chi connectivity index (χ4v) is 2.48. The number of alkyl halides is 3. The molecule has 2 amide bonds. The number of amides is 2. The molecule has 3 nitrogen and oxygen atoms in total. The Labute approximate surface area is 119 Å². The third kappa shape index (κ3) is 4.03. The summed E-state index contributed by atoms with van der Waals surface area (Å²) in [7, 11) is 0. The molecular formula is C13H14ClF3N2O. The van der Waals surface area contributed by atoms with Gasteiger partial charge in [0.15, 0.2) is 0 Å². The minimum atomic E-state index is -4.50. The predicted molar refractivity (Wildman–Crippen MR) is 70.9 cm³/mol. The Morgan fingerprint density at radius 2 is 1.85 bits per heavy atom. The number of anilines is 1. The molecule has 0 radical (unpaired) electrons. The molecule has 1 aromatic carbocycles. The van der Waals surface area contributed by atoms with E-state index in [0.29, 0.717) is 0 Å². The first-order valence-corrected chi connectivity index (χ1v) is 6.68. The van der Waals surface area contributed by atoms with Crippen LogP contribution in [0, 0.1) is 0 Å². The van der Waals surface area contributed by atoms with Gasteiger partial charge in [-0.3, -0.25) is 0 Å². The molecule has 110 valence electrons. The first kappa shape index (κ1) is 15.0. The molecule has 7 heteroatoms. The Bertz CT molecular complexity index is 499. The lowest BCUT2D eigenvalue weighted by molar-refractivity contribution is -0.137. The Morgan fingerprint density at radius 3 is 2.45 bits per heavy atom. The van der Waals surface area contributed by atoms with Crippen molar-refractivity contribution in [3.05, 3.63) is 28.8 Å². The SMILES string of the molecule is O=C(Nc1cc(Cl)cc(C(F)(F)F)c1)NC1CCCC1. The smallest absolute Gasteiger partial charge is 0.335 e. The van der Waals surface area contributed by atoms with Crippen molar-refractivity contribution in [2.75, 3.05) is 5.32 Å². The minimum Gasteiger partial charge on any atom is -0.335 e. The molecule has 0 bridgehead atoms. The van der Waals surface area contributed by atoms with Crippen LogP contribution in [0.2, 0.25) is 5.02 Å². The van der Waals surface area contributed by atoms with Gasteiger partial charge in [-0.15, -0.1) is 0 Å². The number of urea groups is 1. The maximum atomic E-state index is 12.6. The van der Waals surface area contributed by atoms with Crippen LogP contribution in [0.4, 0.5) is 23.7 Å². The van der Waals surface area contributed by atoms with E-state index in [9.17, 15) is 18.0 Å². The van der Waals surface area contributed by atoms with Gasteiger partial charge in [0.25, 0.3) is 0 Å². The summed E-state index contributed by atoms with van der Waals surface area (Å²) in [4.78, 5) is 11.7. The molecule has 2 N–H and O–H groups in total. The van der Waals surface area contributed by atoms with Gasteiger partial charge in [0, 0.05) is 16.8 Å². The van der Waals surface area contributed by atoms with Gasteiger partial charge in [-0.1, -0.05) is 24.4 Å². The van der Waals surface area contributed by atoms with E-state index in [1.807, 2.05) is 0 Å². The summed E-state index contributed by atoms with van der Waals surface area (Å²) in [5.74, 6) is 0. The zero-order chi connectivity index (χ0) is 14.8. The van der Waals surface area contributed by atoms with Crippen molar-refractivity contribution < 1.29 is 18.0 Å². The Hall–Kier alpha value is -1.43. The van der Waals surface area contributed by atoms with Crippen LogP contribution >= 0.6 is 11.6 Å². The van der Waals surface area contributed by atoms with Crippen LogP contribution in [0.3, 0.4) is 0 Å². The topological polar surface area (TPSA) is 41.1 Å². The van der Waals surface area contributed by atoms with Crippen LogP contribution in [0.15, 0.2) is 18.2 Å². The van der Waals surface area contributed by atoms with Crippen molar-refractivity contribution >= 4 is 23.3 Å². The van der Waals surface area contributed by atoms with Gasteiger partial charge < -0.3 is 10.6 Å². The third-order valence-corrected chi connectivity index (χ3v) is 3.39. The van der Waals surface area contributed by atoms with E-state index in [1.165, 1.54) is 6.07 Å². The van der Waals surface area contributed by atoms with Crippen LogP contribution < -0.4 is 10.6 Å². The highest BCUT2D eigenvalue weighted by Crippen LogP contribution is 2.33. The average Bonchev–Trinajstić information content (AvgIpc) is 2.79. The van der Waals surface area contributed by atoms with Crippen LogP contribution in [0.1, 0.15) is 31.2 Å². The van der Waals surface area contributed by atoms with Crippen molar-refractivity contribution in [2.45, 2.75) is 37.9 Å². The number of benzene rings is 1. The lowest BCUT2D eigenvalue weighted by Crippen LogP contribution is -2.36. The number of hydrogen-bond acceptors (Lipinski definition) is 1. The van der Waals surface area contributed by atoms with Crippen molar-refractivity contribution in [3.8, 4) is 0 Å². The second-order valence-electron chi connectivity index (χ2n) is 4.81. The van der Waals surface area contributed by atoms with Crippen LogP contribution in [0.25, 0.3) is 0 Å². The first-order valence-electron chi connectivity index (χ1n) is 6.30. The molecule has 2 rings (SSSR count). The third-order valence-electron chi connectivity index (χ3n) is 3.17. The predicted octanol–water partition coefficient (Wildman–Crippen LogP) is 4.42. The molecule has 1 aliphatic rings. The number of nitrogens with one attached hydrogen (secondary N) is 2. The van der Waals surface area contributed by atoms with Crippen molar-refractivity contribution in [3.63, 3.8) is 0 Å². The standard InChI is InChI=1S/C13H14ClF3N2O/c14-9-5-8(13(15,16)17)6-11(7-9)19-12(20)18-10-3-1-2-4-10/h5-7,10H,1-4H2,(H2,18,19,20). The fraction of sp³-hybridized carbons (Fsp3) is 0.462. The number of hydrogen-bond donors (Lipinski definition) is 2. The van der Waals surface area contributed by atoms with Gasteiger partial charge >= 0.3 is 12.2 Å². The maximum Gasteiger partial charge on any atom is 0.416 e. The molecule has 1 fully saturated rings. The van der Waals surface area contributed by atoms with E-state index in [-0.39, 0.29) is 16.8 Å². The number of rotatable bonds is 2. The van der Waals surface area contributed by atoms with Crippen molar-refractivity contribution in [1.29, 1.82) is 0 Å². The zero-order valence-corrected chi connectivity index (χ0v) is 11.3. The van der Waals surface area contributed by atoms with Crippen LogP contribution in [-0.2, 0) is 6.18 Å². The van der Waals surface area contributed by atoms with Crippen molar-refractivity contribution in [1.82, 2.24) is 5.32 Å². The van der Waals surface area contributed by atoms with E-state index in [2.05, 4.69) is 10.6 Å². The number of carbonyl (C=O) groups excluding carboxylic acids is 1. The van der Waals surface area contributed by atoms with Gasteiger partial charge in [0.05, 0.1) is 5.56 Å². The molecule has 0 heterocycles. The largest absolute Gasteiger partial charge is 0.416 e. The normalized spacial score (nSPS) is 16.2. The van der Waals surface area contributed by atoms with E-state index in [0.717, 1.165) is 37.8 Å². The van der Waals surface area contributed by atoms with Crippen LogP contribution in [-0.4, -0.2) is 12.1 Å². The molecule has 0 saturated heterocycles. The first-order chi connectivity index (χ1) is 9.34. The summed E-state index contributed by atoms with van der Waals surface area (Å²) in [5.41, 5.74) is -0.860. The summed E-state index contributed by atoms with van der Waals surface area (Å²) < 4.78 is 37.9. The van der Waals surface area contributed by atoms with Gasteiger partial charge in [-0.05, 0) is 31.0 Å².